The third-order valence-electron chi connectivity index (χ3n) is 3.64. The van der Waals surface area contributed by atoms with Crippen LogP contribution in [0.1, 0.15) is 15.9 Å². The molecule has 0 aliphatic carbocycles. The lowest BCUT2D eigenvalue weighted by molar-refractivity contribution is 0.0473. The van der Waals surface area contributed by atoms with Gasteiger partial charge in [0.05, 0.1) is 27.0 Å². The molecular formula is C18H13N3O2S. The summed E-state index contributed by atoms with van der Waals surface area (Å²) in [5, 5.41) is 4.18. The maximum absolute atomic E-state index is 12.2. The molecule has 0 atom stereocenters. The van der Waals surface area contributed by atoms with Crippen molar-refractivity contribution >= 4 is 27.5 Å². The molecule has 2 heterocycles. The minimum Gasteiger partial charge on any atom is -0.457 e. The number of rotatable bonds is 4. The SMILES string of the molecule is O=C(OCc1ccc(-n2cccn2)cc1)c1ccc2ncsc2c1. The van der Waals surface area contributed by atoms with E-state index < -0.39 is 0 Å². The quantitative estimate of drug-likeness (QED) is 0.532. The fourth-order valence-electron chi connectivity index (χ4n) is 2.38. The number of ether oxygens (including phenoxy) is 1. The fraction of sp³-hybridized carbons (Fsp3) is 0.0556. The van der Waals surface area contributed by atoms with Crippen molar-refractivity contribution in [1.82, 2.24) is 14.8 Å². The van der Waals surface area contributed by atoms with Crippen molar-refractivity contribution in [3.05, 3.63) is 77.6 Å². The molecule has 0 radical (unpaired) electrons. The number of esters is 1. The molecule has 24 heavy (non-hydrogen) atoms. The number of thiazole rings is 1. The van der Waals surface area contributed by atoms with Gasteiger partial charge in [0.25, 0.3) is 0 Å². The van der Waals surface area contributed by atoms with Gasteiger partial charge in [0.2, 0.25) is 0 Å². The Kier molecular flexibility index (Phi) is 3.80. The number of nitrogens with zero attached hydrogens (tertiary/aromatic N) is 3. The highest BCUT2D eigenvalue weighted by Crippen LogP contribution is 2.20. The monoisotopic (exact) mass is 335 g/mol. The van der Waals surface area contributed by atoms with Crippen molar-refractivity contribution in [3.8, 4) is 5.69 Å². The van der Waals surface area contributed by atoms with Gasteiger partial charge in [-0.05, 0) is 42.0 Å². The summed E-state index contributed by atoms with van der Waals surface area (Å²) in [5.74, 6) is -0.332. The van der Waals surface area contributed by atoms with E-state index in [-0.39, 0.29) is 12.6 Å². The lowest BCUT2D eigenvalue weighted by atomic mass is 10.2. The number of hydrogen-bond acceptors (Lipinski definition) is 5. The molecule has 0 saturated heterocycles. The molecule has 2 aromatic heterocycles. The number of carbonyl (C=O) groups is 1. The summed E-state index contributed by atoms with van der Waals surface area (Å²) >= 11 is 1.51. The van der Waals surface area contributed by atoms with Gasteiger partial charge in [0.15, 0.2) is 0 Å². The van der Waals surface area contributed by atoms with Crippen LogP contribution >= 0.6 is 11.3 Å². The Labute approximate surface area is 142 Å². The topological polar surface area (TPSA) is 57.0 Å². The van der Waals surface area contributed by atoms with E-state index in [0.29, 0.717) is 5.56 Å². The zero-order valence-electron chi connectivity index (χ0n) is 12.6. The number of fused-ring (bicyclic) bond motifs is 1. The molecule has 0 saturated carbocycles. The summed E-state index contributed by atoms with van der Waals surface area (Å²) < 4.78 is 8.15. The van der Waals surface area contributed by atoms with Gasteiger partial charge in [-0.3, -0.25) is 0 Å². The Morgan fingerprint density at radius 3 is 2.83 bits per heavy atom. The molecule has 0 unspecified atom stereocenters. The van der Waals surface area contributed by atoms with Crippen molar-refractivity contribution in [2.75, 3.05) is 0 Å². The predicted octanol–water partition coefficient (Wildman–Crippen LogP) is 3.84. The normalized spacial score (nSPS) is 10.8. The largest absolute Gasteiger partial charge is 0.457 e. The predicted molar refractivity (Wildman–Crippen MR) is 92.3 cm³/mol. The van der Waals surface area contributed by atoms with Gasteiger partial charge in [0.1, 0.15) is 6.61 Å². The highest BCUT2D eigenvalue weighted by molar-refractivity contribution is 7.16. The highest BCUT2D eigenvalue weighted by atomic mass is 32.1. The van der Waals surface area contributed by atoms with Crippen LogP contribution in [0.4, 0.5) is 0 Å². The van der Waals surface area contributed by atoms with Gasteiger partial charge >= 0.3 is 5.97 Å². The zero-order chi connectivity index (χ0) is 16.4. The first-order chi connectivity index (χ1) is 11.8. The van der Waals surface area contributed by atoms with E-state index in [1.165, 1.54) is 11.3 Å². The molecule has 0 amide bonds. The van der Waals surface area contributed by atoms with Crippen LogP contribution in [0.2, 0.25) is 0 Å². The van der Waals surface area contributed by atoms with Crippen LogP contribution in [0.25, 0.3) is 15.9 Å². The molecule has 6 heteroatoms. The van der Waals surface area contributed by atoms with Crippen molar-refractivity contribution in [1.29, 1.82) is 0 Å². The average Bonchev–Trinajstić information content (AvgIpc) is 3.30. The average molecular weight is 335 g/mol. The smallest absolute Gasteiger partial charge is 0.338 e. The summed E-state index contributed by atoms with van der Waals surface area (Å²) in [6.45, 7) is 0.235. The standard InChI is InChI=1S/C18H13N3O2S/c22-18(14-4-7-16-17(10-14)24-12-19-16)23-11-13-2-5-15(6-3-13)21-9-1-8-20-21/h1-10,12H,11H2. The van der Waals surface area contributed by atoms with E-state index in [4.69, 9.17) is 4.74 Å². The van der Waals surface area contributed by atoms with E-state index >= 15 is 0 Å². The molecule has 0 fully saturated rings. The lowest BCUT2D eigenvalue weighted by Crippen LogP contribution is -2.05. The zero-order valence-corrected chi connectivity index (χ0v) is 13.4. The molecule has 118 valence electrons. The molecule has 4 rings (SSSR count). The molecule has 4 aromatic rings. The third kappa shape index (κ3) is 2.91. The molecule has 5 nitrogen and oxygen atoms in total. The van der Waals surface area contributed by atoms with Crippen molar-refractivity contribution in [3.63, 3.8) is 0 Å². The van der Waals surface area contributed by atoms with Gasteiger partial charge in [-0.2, -0.15) is 5.10 Å². The van der Waals surface area contributed by atoms with Gasteiger partial charge in [-0.15, -0.1) is 11.3 Å². The Morgan fingerprint density at radius 1 is 1.17 bits per heavy atom. The van der Waals surface area contributed by atoms with E-state index in [0.717, 1.165) is 21.5 Å². The highest BCUT2D eigenvalue weighted by Gasteiger charge is 2.09. The number of benzene rings is 2. The van der Waals surface area contributed by atoms with Gasteiger partial charge in [0, 0.05) is 12.4 Å². The van der Waals surface area contributed by atoms with Gasteiger partial charge in [-0.25, -0.2) is 14.5 Å². The van der Waals surface area contributed by atoms with Crippen LogP contribution in [0, 0.1) is 0 Å². The van der Waals surface area contributed by atoms with Crippen molar-refractivity contribution in [2.24, 2.45) is 0 Å². The van der Waals surface area contributed by atoms with Crippen LogP contribution in [0.15, 0.2) is 66.4 Å². The first-order valence-corrected chi connectivity index (χ1v) is 8.27. The summed E-state index contributed by atoms with van der Waals surface area (Å²) in [4.78, 5) is 16.4. The summed E-state index contributed by atoms with van der Waals surface area (Å²) in [5.41, 5.74) is 5.09. The second-order valence-electron chi connectivity index (χ2n) is 5.23. The maximum Gasteiger partial charge on any atom is 0.338 e. The van der Waals surface area contributed by atoms with E-state index in [9.17, 15) is 4.79 Å². The second kappa shape index (κ2) is 6.25. The van der Waals surface area contributed by atoms with Crippen LogP contribution in [-0.2, 0) is 11.3 Å². The Balaban J connectivity index is 1.43. The Bertz CT molecular complexity index is 975. The maximum atomic E-state index is 12.2. The Morgan fingerprint density at radius 2 is 2.04 bits per heavy atom. The molecule has 0 aliphatic rings. The fourth-order valence-corrected chi connectivity index (χ4v) is 3.10. The van der Waals surface area contributed by atoms with Crippen LogP contribution < -0.4 is 0 Å². The molecule has 0 bridgehead atoms. The molecular weight excluding hydrogens is 322 g/mol. The van der Waals surface area contributed by atoms with Crippen molar-refractivity contribution < 1.29 is 9.53 Å². The molecule has 0 spiro atoms. The summed E-state index contributed by atoms with van der Waals surface area (Å²) in [6.07, 6.45) is 3.61. The third-order valence-corrected chi connectivity index (χ3v) is 4.43. The number of carbonyl (C=O) groups excluding carboxylic acids is 1. The molecule has 0 aliphatic heterocycles. The summed E-state index contributed by atoms with van der Waals surface area (Å²) in [6, 6.07) is 15.0. The first-order valence-electron chi connectivity index (χ1n) is 7.39. The first kappa shape index (κ1) is 14.6. The molecule has 0 N–H and O–H groups in total. The van der Waals surface area contributed by atoms with E-state index in [2.05, 4.69) is 10.1 Å². The van der Waals surface area contributed by atoms with Crippen LogP contribution in [0.3, 0.4) is 0 Å². The van der Waals surface area contributed by atoms with E-state index in [1.54, 1.807) is 22.5 Å². The second-order valence-corrected chi connectivity index (χ2v) is 6.11. The number of hydrogen-bond donors (Lipinski definition) is 0. The van der Waals surface area contributed by atoms with Crippen LogP contribution in [0.5, 0.6) is 0 Å². The molecule has 2 aromatic carbocycles. The summed E-state index contributed by atoms with van der Waals surface area (Å²) in [7, 11) is 0. The van der Waals surface area contributed by atoms with Gasteiger partial charge < -0.3 is 4.74 Å². The lowest BCUT2D eigenvalue weighted by Gasteiger charge is -2.06. The Hall–Kier alpha value is -2.99. The number of aromatic nitrogens is 3. The minimum absolute atomic E-state index is 0.235. The van der Waals surface area contributed by atoms with Crippen molar-refractivity contribution in [2.45, 2.75) is 6.61 Å². The van der Waals surface area contributed by atoms with E-state index in [1.807, 2.05) is 48.7 Å². The minimum atomic E-state index is -0.332. The van der Waals surface area contributed by atoms with Crippen LogP contribution in [-0.4, -0.2) is 20.7 Å². The van der Waals surface area contributed by atoms with Gasteiger partial charge in [-0.1, -0.05) is 12.1 Å².